The number of carbonyl (C=O) groups is 1. The van der Waals surface area contributed by atoms with Gasteiger partial charge in [0.05, 0.1) is 16.8 Å². The fraction of sp³-hybridized carbons (Fsp3) is 0.357. The van der Waals surface area contributed by atoms with Crippen LogP contribution in [-0.2, 0) is 17.6 Å². The topological polar surface area (TPSA) is 109 Å². The van der Waals surface area contributed by atoms with E-state index in [1.807, 2.05) is 31.2 Å². The van der Waals surface area contributed by atoms with E-state index in [2.05, 4.69) is 49.3 Å². The number of nitrogens with zero attached hydrogens (tertiary/aromatic N) is 4. The van der Waals surface area contributed by atoms with Gasteiger partial charge in [0.1, 0.15) is 24.3 Å². The van der Waals surface area contributed by atoms with Crippen LogP contribution in [0.3, 0.4) is 0 Å². The zero-order valence-corrected chi connectivity index (χ0v) is 20.2. The highest BCUT2D eigenvalue weighted by atomic mass is 16.6. The highest BCUT2D eigenvalue weighted by molar-refractivity contribution is 5.95. The number of hydrogen-bond donors (Lipinski definition) is 2. The maximum Gasteiger partial charge on any atom is 0.411 e. The van der Waals surface area contributed by atoms with Gasteiger partial charge < -0.3 is 9.30 Å². The first kappa shape index (κ1) is 22.4. The Balaban J connectivity index is 1.29. The fourth-order valence-electron chi connectivity index (χ4n) is 4.92. The second-order valence-corrected chi connectivity index (χ2v) is 9.87. The fourth-order valence-corrected chi connectivity index (χ4v) is 4.92. The molecule has 2 heterocycles. The van der Waals surface area contributed by atoms with Crippen LogP contribution in [-0.4, -0.2) is 31.9 Å². The van der Waals surface area contributed by atoms with Gasteiger partial charge in [-0.15, -0.1) is 0 Å². The molecule has 6 rings (SSSR count). The van der Waals surface area contributed by atoms with Crippen LogP contribution in [0.4, 0.5) is 10.5 Å². The van der Waals surface area contributed by atoms with Crippen LogP contribution < -0.4 is 5.32 Å². The van der Waals surface area contributed by atoms with Gasteiger partial charge in [0.25, 0.3) is 0 Å². The maximum atomic E-state index is 12.3. The molecule has 1 amide bonds. The lowest BCUT2D eigenvalue weighted by Crippen LogP contribution is -2.21. The molecule has 2 fully saturated rings. The van der Waals surface area contributed by atoms with Gasteiger partial charge in [-0.1, -0.05) is 24.3 Å². The molecule has 2 aliphatic rings. The van der Waals surface area contributed by atoms with Crippen LogP contribution in [0, 0.1) is 17.2 Å². The Morgan fingerprint density at radius 2 is 2.00 bits per heavy atom. The SMILES string of the molecule is CC(OC(=O)Nc1ccc(-c2c(C#N)c3ccc(CCc4ncn[nH]4)cc3n2C2CC2)cc1)C1CC1. The van der Waals surface area contributed by atoms with Crippen LogP contribution in [0.15, 0.2) is 48.8 Å². The van der Waals surface area contributed by atoms with E-state index < -0.39 is 6.09 Å². The molecule has 36 heavy (non-hydrogen) atoms. The second kappa shape index (κ2) is 9.15. The third kappa shape index (κ3) is 4.44. The molecule has 0 aliphatic heterocycles. The number of aromatic amines is 1. The van der Waals surface area contributed by atoms with Gasteiger partial charge in [-0.3, -0.25) is 10.4 Å². The van der Waals surface area contributed by atoms with Crippen LogP contribution in [0.5, 0.6) is 0 Å². The summed E-state index contributed by atoms with van der Waals surface area (Å²) in [5.74, 6) is 1.36. The third-order valence-electron chi connectivity index (χ3n) is 7.19. The zero-order chi connectivity index (χ0) is 24.6. The van der Waals surface area contributed by atoms with Crippen molar-refractivity contribution in [1.82, 2.24) is 19.7 Å². The van der Waals surface area contributed by atoms with E-state index >= 15 is 0 Å². The molecular weight excluding hydrogens is 452 g/mol. The highest BCUT2D eigenvalue weighted by Gasteiger charge is 2.31. The van der Waals surface area contributed by atoms with Crippen molar-refractivity contribution in [3.05, 3.63) is 65.7 Å². The van der Waals surface area contributed by atoms with Crippen molar-refractivity contribution in [1.29, 1.82) is 5.26 Å². The van der Waals surface area contributed by atoms with Crippen molar-refractivity contribution in [3.8, 4) is 17.3 Å². The number of aromatic nitrogens is 4. The summed E-state index contributed by atoms with van der Waals surface area (Å²) in [5.41, 5.74) is 5.57. The maximum absolute atomic E-state index is 12.3. The number of anilines is 1. The Kier molecular flexibility index (Phi) is 5.68. The monoisotopic (exact) mass is 480 g/mol. The van der Waals surface area contributed by atoms with E-state index in [0.717, 1.165) is 66.5 Å². The number of amides is 1. The largest absolute Gasteiger partial charge is 0.446 e. The average molecular weight is 481 g/mol. The summed E-state index contributed by atoms with van der Waals surface area (Å²) in [5, 5.41) is 20.8. The third-order valence-corrected chi connectivity index (χ3v) is 7.19. The van der Waals surface area contributed by atoms with Crippen LogP contribution in [0.1, 0.15) is 55.6 Å². The molecule has 182 valence electrons. The van der Waals surface area contributed by atoms with E-state index in [0.29, 0.717) is 23.2 Å². The van der Waals surface area contributed by atoms with Crippen molar-refractivity contribution in [2.24, 2.45) is 5.92 Å². The number of ether oxygens (including phenoxy) is 1. The molecule has 0 spiro atoms. The predicted molar refractivity (Wildman–Crippen MR) is 136 cm³/mol. The molecule has 2 aromatic carbocycles. The predicted octanol–water partition coefficient (Wildman–Crippen LogP) is 5.77. The highest BCUT2D eigenvalue weighted by Crippen LogP contribution is 2.45. The van der Waals surface area contributed by atoms with Crippen LogP contribution in [0.25, 0.3) is 22.2 Å². The number of carbonyl (C=O) groups excluding carboxylic acids is 1. The first-order chi connectivity index (χ1) is 17.6. The summed E-state index contributed by atoms with van der Waals surface area (Å²) >= 11 is 0. The Bertz CT molecular complexity index is 1440. The molecule has 8 nitrogen and oxygen atoms in total. The lowest BCUT2D eigenvalue weighted by atomic mass is 10.0. The average Bonchev–Trinajstić information content (AvgIpc) is 3.82. The normalized spacial score (nSPS) is 16.0. The molecule has 4 aromatic rings. The van der Waals surface area contributed by atoms with E-state index in [1.165, 1.54) is 11.9 Å². The number of nitrogens with one attached hydrogen (secondary N) is 2. The van der Waals surface area contributed by atoms with E-state index in [1.54, 1.807) is 0 Å². The molecule has 1 unspecified atom stereocenters. The molecule has 1 atom stereocenters. The number of rotatable bonds is 8. The summed E-state index contributed by atoms with van der Waals surface area (Å²) in [4.78, 5) is 16.5. The molecule has 2 saturated carbocycles. The molecule has 0 bridgehead atoms. The minimum absolute atomic E-state index is 0.0580. The van der Waals surface area contributed by atoms with Gasteiger partial charge >= 0.3 is 6.09 Å². The van der Waals surface area contributed by atoms with Crippen LogP contribution >= 0.6 is 0 Å². The zero-order valence-electron chi connectivity index (χ0n) is 20.2. The molecule has 2 N–H and O–H groups in total. The molecule has 0 radical (unpaired) electrons. The Morgan fingerprint density at radius 1 is 1.19 bits per heavy atom. The lowest BCUT2D eigenvalue weighted by Gasteiger charge is -2.14. The molecule has 2 aromatic heterocycles. The molecule has 8 heteroatoms. The van der Waals surface area contributed by atoms with E-state index in [-0.39, 0.29) is 6.10 Å². The molecular formula is C28H28N6O2. The first-order valence-electron chi connectivity index (χ1n) is 12.6. The van der Waals surface area contributed by atoms with Gasteiger partial charge in [0, 0.05) is 23.5 Å². The number of H-pyrrole nitrogens is 1. The van der Waals surface area contributed by atoms with E-state index in [9.17, 15) is 10.1 Å². The number of hydrogen-bond acceptors (Lipinski definition) is 5. The quantitative estimate of drug-likeness (QED) is 0.333. The van der Waals surface area contributed by atoms with Crippen molar-refractivity contribution in [2.75, 3.05) is 5.32 Å². The van der Waals surface area contributed by atoms with Crippen molar-refractivity contribution in [2.45, 2.75) is 57.6 Å². The van der Waals surface area contributed by atoms with Crippen molar-refractivity contribution in [3.63, 3.8) is 0 Å². The van der Waals surface area contributed by atoms with Crippen molar-refractivity contribution >= 4 is 22.7 Å². The Labute approximate surface area is 209 Å². The number of nitriles is 1. The minimum Gasteiger partial charge on any atom is -0.446 e. The smallest absolute Gasteiger partial charge is 0.411 e. The minimum atomic E-state index is -0.426. The number of fused-ring (bicyclic) bond motifs is 1. The summed E-state index contributed by atoms with van der Waals surface area (Å²) in [6, 6.07) is 16.9. The summed E-state index contributed by atoms with van der Waals surface area (Å²) in [6.07, 6.45) is 7.13. The van der Waals surface area contributed by atoms with Crippen LogP contribution in [0.2, 0.25) is 0 Å². The lowest BCUT2D eigenvalue weighted by molar-refractivity contribution is 0.108. The molecule has 0 saturated heterocycles. The Morgan fingerprint density at radius 3 is 2.67 bits per heavy atom. The van der Waals surface area contributed by atoms with Crippen molar-refractivity contribution < 1.29 is 9.53 Å². The molecule has 2 aliphatic carbocycles. The number of benzene rings is 2. The van der Waals surface area contributed by atoms with Gasteiger partial charge in [-0.2, -0.15) is 10.4 Å². The standard InChI is InChI=1S/C28H28N6O2/c1-17(19-4-5-19)36-28(35)32-21-8-6-20(7-9-21)27-24(15-29)23-12-2-18(3-13-26-30-16-31-33-26)14-25(23)34(27)22-10-11-22/h2,6-9,12,14,16-17,19,22H,3-5,10-11,13H2,1H3,(H,32,35)(H,30,31,33). The van der Waals surface area contributed by atoms with Gasteiger partial charge in [0.2, 0.25) is 0 Å². The van der Waals surface area contributed by atoms with E-state index in [4.69, 9.17) is 4.74 Å². The van der Waals surface area contributed by atoms with Gasteiger partial charge in [-0.05, 0) is 74.3 Å². The second-order valence-electron chi connectivity index (χ2n) is 9.87. The number of aryl methyl sites for hydroxylation is 2. The van der Waals surface area contributed by atoms with Gasteiger partial charge in [-0.25, -0.2) is 9.78 Å². The summed E-state index contributed by atoms with van der Waals surface area (Å²) in [6.45, 7) is 1.94. The summed E-state index contributed by atoms with van der Waals surface area (Å²) in [7, 11) is 0. The summed E-state index contributed by atoms with van der Waals surface area (Å²) < 4.78 is 7.81. The Hall–Kier alpha value is -4.12. The first-order valence-corrected chi connectivity index (χ1v) is 12.6. The van der Waals surface area contributed by atoms with Gasteiger partial charge in [0.15, 0.2) is 0 Å².